The summed E-state index contributed by atoms with van der Waals surface area (Å²) in [5.41, 5.74) is -0.966. The predicted octanol–water partition coefficient (Wildman–Crippen LogP) is 5.53. The fourth-order valence-corrected chi connectivity index (χ4v) is 2.59. The maximum atomic E-state index is 12.9. The molecular formula is C20H23F6N5O2. The zero-order chi connectivity index (χ0) is 24.5. The fraction of sp³-hybridized carbons (Fsp3) is 0.500. The molecule has 0 saturated carbocycles. The summed E-state index contributed by atoms with van der Waals surface area (Å²) >= 11 is 0. The summed E-state index contributed by atoms with van der Waals surface area (Å²) in [5, 5.41) is 5.27. The molecule has 0 bridgehead atoms. The van der Waals surface area contributed by atoms with E-state index in [1.807, 2.05) is 6.92 Å². The number of ether oxygens (including phenoxy) is 1. The Hall–Kier alpha value is -3.12. The van der Waals surface area contributed by atoms with E-state index in [-0.39, 0.29) is 29.9 Å². The lowest BCUT2D eigenvalue weighted by Crippen LogP contribution is -2.21. The SMILES string of the molecule is CCCCC(=O)CCCNc1nc(Nc2cccc(C(F)(F)F)c2)nc(OCC(F)(F)F)n1. The van der Waals surface area contributed by atoms with Gasteiger partial charge in [0.25, 0.3) is 0 Å². The average molecular weight is 479 g/mol. The highest BCUT2D eigenvalue weighted by molar-refractivity contribution is 5.78. The van der Waals surface area contributed by atoms with Gasteiger partial charge in [-0.1, -0.05) is 19.4 Å². The summed E-state index contributed by atoms with van der Waals surface area (Å²) in [6, 6.07) is 3.46. The highest BCUT2D eigenvalue weighted by Crippen LogP contribution is 2.31. The lowest BCUT2D eigenvalue weighted by atomic mass is 10.1. The van der Waals surface area contributed by atoms with Crippen LogP contribution in [0.5, 0.6) is 6.01 Å². The summed E-state index contributed by atoms with van der Waals surface area (Å²) in [6.45, 7) is 0.550. The number of carbonyl (C=O) groups is 1. The third-order valence-corrected chi connectivity index (χ3v) is 4.15. The number of hydrogen-bond donors (Lipinski definition) is 2. The molecule has 0 aliphatic rings. The van der Waals surface area contributed by atoms with E-state index in [2.05, 4.69) is 30.3 Å². The highest BCUT2D eigenvalue weighted by Gasteiger charge is 2.31. The van der Waals surface area contributed by atoms with Crippen LogP contribution in [-0.2, 0) is 11.0 Å². The van der Waals surface area contributed by atoms with Crippen LogP contribution < -0.4 is 15.4 Å². The Labute approximate surface area is 186 Å². The van der Waals surface area contributed by atoms with Gasteiger partial charge in [0.1, 0.15) is 5.78 Å². The van der Waals surface area contributed by atoms with Crippen molar-refractivity contribution in [2.45, 2.75) is 51.4 Å². The Morgan fingerprint density at radius 1 is 1.00 bits per heavy atom. The first-order chi connectivity index (χ1) is 15.5. The fourth-order valence-electron chi connectivity index (χ4n) is 2.59. The van der Waals surface area contributed by atoms with Crippen molar-refractivity contribution in [3.05, 3.63) is 29.8 Å². The molecule has 1 aromatic carbocycles. The molecule has 0 fully saturated rings. The second-order valence-electron chi connectivity index (χ2n) is 7.05. The van der Waals surface area contributed by atoms with E-state index in [0.29, 0.717) is 19.3 Å². The van der Waals surface area contributed by atoms with Crippen LogP contribution in [0.4, 0.5) is 43.9 Å². The van der Waals surface area contributed by atoms with Crippen LogP contribution >= 0.6 is 0 Å². The van der Waals surface area contributed by atoms with Crippen LogP contribution in [0.15, 0.2) is 24.3 Å². The Morgan fingerprint density at radius 2 is 1.70 bits per heavy atom. The molecule has 0 aliphatic carbocycles. The monoisotopic (exact) mass is 479 g/mol. The summed E-state index contributed by atoms with van der Waals surface area (Å²) in [4.78, 5) is 23.1. The molecule has 1 heterocycles. The number of hydrogen-bond acceptors (Lipinski definition) is 7. The first kappa shape index (κ1) is 26.1. The molecule has 33 heavy (non-hydrogen) atoms. The van der Waals surface area contributed by atoms with E-state index in [1.165, 1.54) is 6.07 Å². The average Bonchev–Trinajstić information content (AvgIpc) is 2.73. The number of aromatic nitrogens is 3. The van der Waals surface area contributed by atoms with Crippen LogP contribution in [0.1, 0.15) is 44.6 Å². The molecule has 7 nitrogen and oxygen atoms in total. The van der Waals surface area contributed by atoms with Gasteiger partial charge in [-0.3, -0.25) is 4.79 Å². The number of carbonyl (C=O) groups excluding carboxylic acids is 1. The second kappa shape index (κ2) is 11.7. The van der Waals surface area contributed by atoms with Crippen molar-refractivity contribution < 1.29 is 35.9 Å². The number of anilines is 3. The van der Waals surface area contributed by atoms with Crippen molar-refractivity contribution >= 4 is 23.4 Å². The molecule has 0 radical (unpaired) electrons. The Bertz CT molecular complexity index is 921. The molecule has 0 amide bonds. The minimum absolute atomic E-state index is 0.0368. The number of Topliss-reactive ketones (excluding diaryl/α,β-unsaturated/α-hetero) is 1. The van der Waals surface area contributed by atoms with Crippen LogP contribution in [0.2, 0.25) is 0 Å². The maximum absolute atomic E-state index is 12.9. The van der Waals surface area contributed by atoms with Crippen molar-refractivity contribution in [3.63, 3.8) is 0 Å². The minimum Gasteiger partial charge on any atom is -0.454 e. The molecule has 0 saturated heterocycles. The molecule has 2 N–H and O–H groups in total. The molecule has 0 aliphatic heterocycles. The van der Waals surface area contributed by atoms with Gasteiger partial charge in [-0.25, -0.2) is 0 Å². The van der Waals surface area contributed by atoms with Crippen molar-refractivity contribution in [2.24, 2.45) is 0 Å². The molecule has 0 unspecified atom stereocenters. The van der Waals surface area contributed by atoms with Crippen LogP contribution in [-0.4, -0.2) is 40.1 Å². The van der Waals surface area contributed by atoms with Gasteiger partial charge in [-0.05, 0) is 31.0 Å². The van der Waals surface area contributed by atoms with Gasteiger partial charge >= 0.3 is 18.4 Å². The van der Waals surface area contributed by atoms with Gasteiger partial charge in [-0.15, -0.1) is 0 Å². The van der Waals surface area contributed by atoms with E-state index < -0.39 is 30.5 Å². The summed E-state index contributed by atoms with van der Waals surface area (Å²) < 4.78 is 80.8. The van der Waals surface area contributed by atoms with Gasteiger partial charge in [0.2, 0.25) is 11.9 Å². The Kier molecular flexibility index (Phi) is 9.23. The van der Waals surface area contributed by atoms with E-state index >= 15 is 0 Å². The van der Waals surface area contributed by atoms with Crippen LogP contribution in [0.25, 0.3) is 0 Å². The summed E-state index contributed by atoms with van der Waals surface area (Å²) in [7, 11) is 0. The molecule has 2 rings (SSSR count). The van der Waals surface area contributed by atoms with Gasteiger partial charge in [0.15, 0.2) is 6.61 Å². The van der Waals surface area contributed by atoms with Crippen LogP contribution in [0.3, 0.4) is 0 Å². The molecule has 2 aromatic rings. The third-order valence-electron chi connectivity index (χ3n) is 4.15. The number of benzene rings is 1. The normalized spacial score (nSPS) is 11.8. The topological polar surface area (TPSA) is 89.0 Å². The lowest BCUT2D eigenvalue weighted by Gasteiger charge is -2.13. The zero-order valence-corrected chi connectivity index (χ0v) is 17.7. The van der Waals surface area contributed by atoms with Gasteiger partial charge in [0, 0.05) is 25.1 Å². The minimum atomic E-state index is -4.65. The molecular weight excluding hydrogens is 456 g/mol. The van der Waals surface area contributed by atoms with E-state index in [4.69, 9.17) is 0 Å². The largest absolute Gasteiger partial charge is 0.454 e. The number of nitrogens with one attached hydrogen (secondary N) is 2. The maximum Gasteiger partial charge on any atom is 0.422 e. The van der Waals surface area contributed by atoms with Gasteiger partial charge in [-0.2, -0.15) is 41.3 Å². The zero-order valence-electron chi connectivity index (χ0n) is 17.7. The van der Waals surface area contributed by atoms with Crippen molar-refractivity contribution in [1.82, 2.24) is 15.0 Å². The molecule has 0 spiro atoms. The van der Waals surface area contributed by atoms with E-state index in [9.17, 15) is 31.1 Å². The first-order valence-corrected chi connectivity index (χ1v) is 10.1. The standard InChI is InChI=1S/C20H23F6N5O2/c1-2-3-8-15(32)9-5-10-27-16-29-17(31-18(30-16)33-12-19(21,22)23)28-14-7-4-6-13(11-14)20(24,25)26/h4,6-7,11H,2-3,5,8-10,12H2,1H3,(H2,27,28,29,30,31). The van der Waals surface area contributed by atoms with Crippen molar-refractivity contribution in [2.75, 3.05) is 23.8 Å². The molecule has 182 valence electrons. The van der Waals surface area contributed by atoms with E-state index in [1.54, 1.807) is 0 Å². The number of halogens is 6. The number of alkyl halides is 6. The van der Waals surface area contributed by atoms with Crippen molar-refractivity contribution in [3.8, 4) is 6.01 Å². The second-order valence-corrected chi connectivity index (χ2v) is 7.05. The smallest absolute Gasteiger partial charge is 0.422 e. The van der Waals surface area contributed by atoms with Crippen LogP contribution in [0, 0.1) is 0 Å². The molecule has 0 atom stereocenters. The number of unbranched alkanes of at least 4 members (excludes halogenated alkanes) is 1. The number of nitrogens with zero attached hydrogens (tertiary/aromatic N) is 3. The van der Waals surface area contributed by atoms with Crippen molar-refractivity contribution in [1.29, 1.82) is 0 Å². The highest BCUT2D eigenvalue weighted by atomic mass is 19.4. The summed E-state index contributed by atoms with van der Waals surface area (Å²) in [6.07, 6.45) is -6.31. The number of ketones is 1. The quantitative estimate of drug-likeness (QED) is 0.306. The molecule has 1 aromatic heterocycles. The Morgan fingerprint density at radius 3 is 2.36 bits per heavy atom. The van der Waals surface area contributed by atoms with E-state index in [0.717, 1.165) is 31.0 Å². The lowest BCUT2D eigenvalue weighted by molar-refractivity contribution is -0.154. The Balaban J connectivity index is 2.12. The first-order valence-electron chi connectivity index (χ1n) is 10.1. The summed E-state index contributed by atoms with van der Waals surface area (Å²) in [5.74, 6) is -0.379. The van der Waals surface area contributed by atoms with Gasteiger partial charge < -0.3 is 15.4 Å². The molecule has 13 heteroatoms. The predicted molar refractivity (Wildman–Crippen MR) is 108 cm³/mol. The third kappa shape index (κ3) is 9.91. The number of rotatable bonds is 12. The van der Waals surface area contributed by atoms with Gasteiger partial charge in [0.05, 0.1) is 5.56 Å².